The van der Waals surface area contributed by atoms with Crippen LogP contribution in [0.3, 0.4) is 0 Å². The highest BCUT2D eigenvalue weighted by atomic mass is 32.7. The number of aromatic amines is 4. The van der Waals surface area contributed by atoms with E-state index < -0.39 is 169 Å². The lowest BCUT2D eigenvalue weighted by Gasteiger charge is -2.36. The summed E-state index contributed by atoms with van der Waals surface area (Å²) in [5.41, 5.74) is 11.9. The van der Waals surface area contributed by atoms with E-state index in [2.05, 4.69) is 52.1 Å². The number of phosphoric ester groups is 2. The standard InChI is InChI=1S/C47H65N15O26P4S2/c1-7-22-31(32(76-9-8-74-5)41(83-22)62-18-52-30-37(62)55-44(50)57-40(30)65)87-90(70,71)79-16-47-21(4)80-33(42(84-47)60-12-19(2)35(48)53-45(60)66)34(47)88-89(68,69)77-14-25-24(10-27(81-25)59-13-20(3)38(63)58-46(59)67)86-92(73,94)78-15-26-23(85-91(72,93)75-6)11-28(82-26)61-17-51-29-36(61)54-43(49)56-39(29)64/h12-13,17-18,21-28,31-34,41-42H,7-11,14-16H2,1-6H3,(H13,48,49,50,53,54,55,56,57,58,63,64,65,66,67,68,69,70,71,72,73,93,94)/p+1/t21-,22+,23+,24+,25+,26+,27+,28+,31-,32?,33?,34+,41+,42+,47-,91?,92?/m0/s1. The normalized spacial score (nSPS) is 31.1. The van der Waals surface area contributed by atoms with Crippen LogP contribution in [0.15, 0.2) is 49.0 Å². The zero-order valence-electron chi connectivity index (χ0n) is 50.2. The summed E-state index contributed by atoms with van der Waals surface area (Å²) < 4.78 is 135. The van der Waals surface area contributed by atoms with Gasteiger partial charge >= 0.3 is 46.2 Å². The van der Waals surface area contributed by atoms with Gasteiger partial charge in [-0.1, -0.05) is 24.2 Å². The fourth-order valence-electron chi connectivity index (χ4n) is 11.5. The molecule has 6 unspecified atom stereocenters. The minimum Gasteiger partial charge on any atom is -0.383 e. The van der Waals surface area contributed by atoms with E-state index in [9.17, 15) is 52.3 Å². The summed E-state index contributed by atoms with van der Waals surface area (Å²) in [6.07, 6.45) is -14.2. The number of phosphoric acid groups is 2. The number of fused-ring (bicyclic) bond motifs is 4. The molecule has 516 valence electrons. The van der Waals surface area contributed by atoms with Crippen LogP contribution >= 0.6 is 41.4 Å². The number of nitrogens with zero attached hydrogens (tertiary/aromatic N) is 8. The molecule has 5 aliphatic heterocycles. The summed E-state index contributed by atoms with van der Waals surface area (Å²) >= 11 is 9.48. The number of H-pyrrole nitrogens is 4. The zero-order valence-corrected chi connectivity index (χ0v) is 55.5. The maximum Gasteiger partial charge on any atom is 0.472 e. The van der Waals surface area contributed by atoms with Gasteiger partial charge in [0, 0.05) is 50.6 Å². The Kier molecular flexibility index (Phi) is 20.2. The molecule has 0 amide bonds. The average molecular weight is 1450 g/mol. The Hall–Kier alpha value is -5.37. The zero-order chi connectivity index (χ0) is 67.7. The van der Waals surface area contributed by atoms with Crippen molar-refractivity contribution in [1.29, 1.82) is 0 Å². The molecule has 94 heavy (non-hydrogen) atoms. The second-order valence-electron chi connectivity index (χ2n) is 22.1. The highest BCUT2D eigenvalue weighted by Gasteiger charge is 2.69. The van der Waals surface area contributed by atoms with Gasteiger partial charge in [-0.2, -0.15) is 9.97 Å². The summed E-state index contributed by atoms with van der Waals surface area (Å²) in [7, 11) is -8.48. The van der Waals surface area contributed by atoms with Crippen LogP contribution in [0, 0.1) is 13.8 Å². The molecule has 0 spiro atoms. The maximum absolute atomic E-state index is 14.6. The Labute approximate surface area is 538 Å². The molecule has 5 saturated heterocycles. The van der Waals surface area contributed by atoms with Crippen molar-refractivity contribution < 1.29 is 102 Å². The number of thiol groups is 1. The predicted octanol–water partition coefficient (Wildman–Crippen LogP) is -0.496. The Morgan fingerprint density at radius 2 is 1.47 bits per heavy atom. The molecule has 6 aromatic rings. The molecule has 5 fully saturated rings. The first-order valence-electron chi connectivity index (χ1n) is 28.4. The van der Waals surface area contributed by atoms with E-state index in [-0.39, 0.29) is 83.6 Å². The first-order chi connectivity index (χ1) is 44.3. The number of imidazole rings is 2. The number of nitrogen functional groups attached to an aromatic ring is 3. The first kappa shape index (κ1) is 70.0. The first-order valence-corrected chi connectivity index (χ1v) is 36.7. The number of methoxy groups -OCH3 is 1. The van der Waals surface area contributed by atoms with Crippen LogP contribution < -0.4 is 49.8 Å². The molecule has 47 heteroatoms. The lowest BCUT2D eigenvalue weighted by molar-refractivity contribution is -0.738. The summed E-state index contributed by atoms with van der Waals surface area (Å²) in [5, 5.41) is 0. The maximum atomic E-state index is 14.6. The number of aromatic nitrogens is 12. The van der Waals surface area contributed by atoms with E-state index in [0.29, 0.717) is 0 Å². The van der Waals surface area contributed by atoms with Gasteiger partial charge in [-0.15, -0.1) is 0 Å². The topological polar surface area (TPSA) is 547 Å². The van der Waals surface area contributed by atoms with E-state index >= 15 is 0 Å². The quantitative estimate of drug-likeness (QED) is 0.0134. The fourth-order valence-corrected chi connectivity index (χ4v) is 15.9. The third-order valence-electron chi connectivity index (χ3n) is 16.1. The van der Waals surface area contributed by atoms with E-state index in [0.717, 1.165) is 16.2 Å². The number of ether oxygens (including phenoxy) is 7. The van der Waals surface area contributed by atoms with Crippen LogP contribution in [0.5, 0.6) is 0 Å². The van der Waals surface area contributed by atoms with Crippen molar-refractivity contribution in [3.63, 3.8) is 0 Å². The number of nitrogens with one attached hydrogen (secondary N) is 4. The van der Waals surface area contributed by atoms with Crippen LogP contribution in [-0.4, -0.2) is 182 Å². The van der Waals surface area contributed by atoms with Gasteiger partial charge < -0.3 is 78.6 Å². The van der Waals surface area contributed by atoms with Crippen LogP contribution in [0.1, 0.15) is 69.1 Å². The van der Waals surface area contributed by atoms with E-state index in [4.69, 9.17) is 98.4 Å². The molecule has 5 aliphatic rings. The molecule has 11 heterocycles. The van der Waals surface area contributed by atoms with Crippen molar-refractivity contribution >= 4 is 93.3 Å². The van der Waals surface area contributed by atoms with Gasteiger partial charge in [0.2, 0.25) is 11.5 Å². The number of nitrogens with two attached hydrogens (primary N) is 3. The molecule has 19 atom stereocenters. The van der Waals surface area contributed by atoms with Crippen LogP contribution in [0.4, 0.5) is 17.7 Å². The third-order valence-corrected chi connectivity index (χ3v) is 21.4. The molecule has 6 aromatic heterocycles. The summed E-state index contributed by atoms with van der Waals surface area (Å²) in [6.45, 7) is -5.31. The molecule has 0 aliphatic carbocycles. The van der Waals surface area contributed by atoms with Gasteiger partial charge in [0.1, 0.15) is 60.4 Å². The van der Waals surface area contributed by atoms with Crippen LogP contribution in [0.25, 0.3) is 22.3 Å². The molecule has 13 N–H and O–H groups in total. The molecular formula is C47H66N15O26P4S2+. The minimum absolute atomic E-state index is 0.0146. The van der Waals surface area contributed by atoms with Gasteiger partial charge in [0.15, 0.2) is 36.2 Å². The fraction of sp³-hybridized carbons (Fsp3) is 0.617. The highest BCUT2D eigenvalue weighted by Crippen LogP contribution is 2.60. The Balaban J connectivity index is 0.837. The Morgan fingerprint density at radius 1 is 0.777 bits per heavy atom. The van der Waals surface area contributed by atoms with Gasteiger partial charge in [-0.3, -0.25) is 70.6 Å². The van der Waals surface area contributed by atoms with E-state index in [1.165, 1.54) is 62.1 Å². The smallest absolute Gasteiger partial charge is 0.383 e. The molecule has 0 saturated carbocycles. The molecule has 2 bridgehead atoms. The van der Waals surface area contributed by atoms with Gasteiger partial charge in [-0.05, 0) is 39.0 Å². The lowest BCUT2D eigenvalue weighted by atomic mass is 9.94. The van der Waals surface area contributed by atoms with Crippen LogP contribution in [-0.2, 0) is 94.9 Å². The average Bonchev–Trinajstić information content (AvgIpc) is 1.55. The number of anilines is 3. The monoisotopic (exact) mass is 1440 g/mol. The van der Waals surface area contributed by atoms with Crippen molar-refractivity contribution in [2.45, 2.75) is 139 Å². The number of rotatable bonds is 27. The van der Waals surface area contributed by atoms with Crippen molar-refractivity contribution in [2.75, 3.05) is 64.5 Å². The Morgan fingerprint density at radius 3 is 2.20 bits per heavy atom. The van der Waals surface area contributed by atoms with Gasteiger partial charge in [0.25, 0.3) is 22.6 Å². The van der Waals surface area contributed by atoms with Crippen molar-refractivity contribution in [1.82, 2.24) is 53.6 Å². The SMILES string of the molecule is CC[C@H]1O[C@@H](n2cnc3c(=O)[nH]c(N)nc32)C(OCCOC)[C@H]1OP(=O)(O)OC[C@]12O[C@@H](n3cc(C)c(N)nc3=O)C(O[C@H]1C)[C@H]2OP(=O)(O)OC[C@H]1O[C@@H](n2cc(C)c(=O)[nH]c2=O)C[C@H]1OP(O)(=S)OC[C@H]1O[C@@H]([n+]2c[nH]c3c(=O)[nH]c(N)nc32)C[C@H]1OP(=O)(S)OC. The van der Waals surface area contributed by atoms with Gasteiger partial charge in [0.05, 0.1) is 57.7 Å². The summed E-state index contributed by atoms with van der Waals surface area (Å²) in [5.74, 6) is -0.604. The summed E-state index contributed by atoms with van der Waals surface area (Å²) in [4.78, 5) is 126. The van der Waals surface area contributed by atoms with Crippen LogP contribution in [0.2, 0.25) is 0 Å². The molecule has 0 radical (unpaired) electrons. The molecular weight excluding hydrogens is 1380 g/mol. The largest absolute Gasteiger partial charge is 0.472 e. The van der Waals surface area contributed by atoms with Crippen molar-refractivity contribution in [3.8, 4) is 0 Å². The minimum atomic E-state index is -5.57. The summed E-state index contributed by atoms with van der Waals surface area (Å²) in [6, 6.07) is 0. The van der Waals surface area contributed by atoms with Crippen molar-refractivity contribution in [3.05, 3.63) is 88.2 Å². The number of aryl methyl sites for hydroxylation is 2. The Bertz CT molecular complexity index is 4360. The molecule has 41 nitrogen and oxygen atoms in total. The number of hydrogen-bond donors (Lipinski definition) is 11. The van der Waals surface area contributed by atoms with E-state index in [1.54, 1.807) is 6.92 Å². The third kappa shape index (κ3) is 14.3. The molecule has 0 aromatic carbocycles. The predicted molar refractivity (Wildman–Crippen MR) is 325 cm³/mol. The lowest BCUT2D eigenvalue weighted by Crippen LogP contribution is -2.51. The second-order valence-corrected chi connectivity index (χ2v) is 30.7. The highest BCUT2D eigenvalue weighted by molar-refractivity contribution is 8.44. The second kappa shape index (κ2) is 27.2. The van der Waals surface area contributed by atoms with Gasteiger partial charge in [-0.25, -0.2) is 32.8 Å². The van der Waals surface area contributed by atoms with E-state index in [1.807, 2.05) is 0 Å². The number of hydrogen-bond acceptors (Lipinski definition) is 31. The molecule has 11 rings (SSSR count). The van der Waals surface area contributed by atoms with Crippen molar-refractivity contribution in [2.24, 2.45) is 0 Å².